The molecule has 0 N–H and O–H groups in total. The van der Waals surface area contributed by atoms with Crippen LogP contribution in [0.2, 0.25) is 0 Å². The SMILES string of the molecule is Cc1ccc(-c2nc(C(=O)N3CCN(c4ccc(C)cc4C)CC3)no2)cc1. The van der Waals surface area contributed by atoms with E-state index < -0.39 is 0 Å². The number of carbonyl (C=O) groups excluding carboxylic acids is 1. The second-order valence-electron chi connectivity index (χ2n) is 7.36. The Morgan fingerprint density at radius 2 is 1.61 bits per heavy atom. The number of rotatable bonds is 3. The van der Waals surface area contributed by atoms with Gasteiger partial charge in [0.15, 0.2) is 0 Å². The Balaban J connectivity index is 1.42. The normalized spacial score (nSPS) is 14.4. The van der Waals surface area contributed by atoms with Crippen LogP contribution in [0.4, 0.5) is 5.69 Å². The lowest BCUT2D eigenvalue weighted by molar-refractivity contribution is 0.0731. The largest absolute Gasteiger partial charge is 0.368 e. The molecule has 0 atom stereocenters. The highest BCUT2D eigenvalue weighted by Crippen LogP contribution is 2.23. The molecular weight excluding hydrogens is 352 g/mol. The van der Waals surface area contributed by atoms with E-state index in [4.69, 9.17) is 4.52 Å². The van der Waals surface area contributed by atoms with Crippen LogP contribution < -0.4 is 4.90 Å². The smallest absolute Gasteiger partial charge is 0.295 e. The first-order valence-corrected chi connectivity index (χ1v) is 9.53. The van der Waals surface area contributed by atoms with Crippen molar-refractivity contribution >= 4 is 11.6 Å². The van der Waals surface area contributed by atoms with E-state index in [0.29, 0.717) is 19.0 Å². The highest BCUT2D eigenvalue weighted by molar-refractivity contribution is 5.91. The third-order valence-corrected chi connectivity index (χ3v) is 5.18. The summed E-state index contributed by atoms with van der Waals surface area (Å²) in [6.45, 7) is 9.11. The molecule has 2 aromatic carbocycles. The van der Waals surface area contributed by atoms with Gasteiger partial charge in [0.05, 0.1) is 0 Å². The summed E-state index contributed by atoms with van der Waals surface area (Å²) in [7, 11) is 0. The number of anilines is 1. The number of aromatic nitrogens is 2. The molecule has 4 rings (SSSR count). The number of nitrogens with zero attached hydrogens (tertiary/aromatic N) is 4. The number of hydrogen-bond acceptors (Lipinski definition) is 5. The molecule has 28 heavy (non-hydrogen) atoms. The van der Waals surface area contributed by atoms with Gasteiger partial charge in [-0.3, -0.25) is 4.79 Å². The van der Waals surface area contributed by atoms with E-state index in [0.717, 1.165) is 24.2 Å². The third kappa shape index (κ3) is 3.63. The molecule has 1 amide bonds. The molecule has 3 aromatic rings. The summed E-state index contributed by atoms with van der Waals surface area (Å²) in [5, 5.41) is 3.90. The summed E-state index contributed by atoms with van der Waals surface area (Å²) in [4.78, 5) is 21.2. The first kappa shape index (κ1) is 18.2. The monoisotopic (exact) mass is 376 g/mol. The molecule has 1 fully saturated rings. The van der Waals surface area contributed by atoms with Crippen molar-refractivity contribution in [3.63, 3.8) is 0 Å². The van der Waals surface area contributed by atoms with E-state index in [1.807, 2.05) is 31.2 Å². The first-order valence-electron chi connectivity index (χ1n) is 9.53. The highest BCUT2D eigenvalue weighted by atomic mass is 16.5. The predicted molar refractivity (Wildman–Crippen MR) is 109 cm³/mol. The van der Waals surface area contributed by atoms with Gasteiger partial charge in [-0.1, -0.05) is 40.5 Å². The van der Waals surface area contributed by atoms with Crippen molar-refractivity contribution in [3.8, 4) is 11.5 Å². The molecule has 1 aliphatic rings. The molecular formula is C22H24N4O2. The fraction of sp³-hybridized carbons (Fsp3) is 0.318. The van der Waals surface area contributed by atoms with Gasteiger partial charge in [0.2, 0.25) is 0 Å². The summed E-state index contributed by atoms with van der Waals surface area (Å²) in [5.74, 6) is 0.315. The molecule has 6 heteroatoms. The number of piperazine rings is 1. The Morgan fingerprint density at radius 3 is 2.29 bits per heavy atom. The Kier molecular flexibility index (Phi) is 4.86. The van der Waals surface area contributed by atoms with Crippen LogP contribution in [0.3, 0.4) is 0 Å². The molecule has 0 radical (unpaired) electrons. The third-order valence-electron chi connectivity index (χ3n) is 5.18. The van der Waals surface area contributed by atoms with Crippen LogP contribution in [0, 0.1) is 20.8 Å². The number of carbonyl (C=O) groups is 1. The molecule has 144 valence electrons. The second kappa shape index (κ2) is 7.46. The number of hydrogen-bond donors (Lipinski definition) is 0. The van der Waals surface area contributed by atoms with Crippen LogP contribution in [-0.4, -0.2) is 47.1 Å². The van der Waals surface area contributed by atoms with Gasteiger partial charge in [-0.15, -0.1) is 0 Å². The van der Waals surface area contributed by atoms with Gasteiger partial charge in [-0.2, -0.15) is 4.98 Å². The van der Waals surface area contributed by atoms with E-state index in [1.165, 1.54) is 16.8 Å². The average molecular weight is 376 g/mol. The zero-order chi connectivity index (χ0) is 19.7. The quantitative estimate of drug-likeness (QED) is 0.699. The van der Waals surface area contributed by atoms with Crippen LogP contribution in [0.15, 0.2) is 47.0 Å². The lowest BCUT2D eigenvalue weighted by Gasteiger charge is -2.36. The van der Waals surface area contributed by atoms with Crippen molar-refractivity contribution < 1.29 is 9.32 Å². The topological polar surface area (TPSA) is 62.5 Å². The number of benzene rings is 2. The molecule has 2 heterocycles. The standard InChI is InChI=1S/C22H24N4O2/c1-15-4-7-18(8-5-15)21-23-20(24-28-21)22(27)26-12-10-25(11-13-26)19-9-6-16(2)14-17(19)3/h4-9,14H,10-13H2,1-3H3. The van der Waals surface area contributed by atoms with Gasteiger partial charge >= 0.3 is 0 Å². The molecule has 0 spiro atoms. The van der Waals surface area contributed by atoms with Crippen LogP contribution in [-0.2, 0) is 0 Å². The zero-order valence-electron chi connectivity index (χ0n) is 16.5. The Hall–Kier alpha value is -3.15. The van der Waals surface area contributed by atoms with Gasteiger partial charge in [-0.05, 0) is 44.5 Å². The molecule has 6 nitrogen and oxygen atoms in total. The predicted octanol–water partition coefficient (Wildman–Crippen LogP) is 3.62. The Bertz CT molecular complexity index is 986. The van der Waals surface area contributed by atoms with Crippen molar-refractivity contribution in [3.05, 3.63) is 65.0 Å². The van der Waals surface area contributed by atoms with E-state index in [2.05, 4.69) is 47.1 Å². The molecule has 1 saturated heterocycles. The molecule has 0 saturated carbocycles. The molecule has 0 aliphatic carbocycles. The number of amides is 1. The van der Waals surface area contributed by atoms with Gasteiger partial charge in [0, 0.05) is 37.4 Å². The molecule has 1 aromatic heterocycles. The maximum Gasteiger partial charge on any atom is 0.295 e. The first-order chi connectivity index (χ1) is 13.5. The summed E-state index contributed by atoms with van der Waals surface area (Å²) in [6, 6.07) is 14.3. The van der Waals surface area contributed by atoms with E-state index in [1.54, 1.807) is 4.90 Å². The van der Waals surface area contributed by atoms with Crippen LogP contribution in [0.25, 0.3) is 11.5 Å². The lowest BCUT2D eigenvalue weighted by atomic mass is 10.1. The minimum absolute atomic E-state index is 0.121. The number of aryl methyl sites for hydroxylation is 3. The van der Waals surface area contributed by atoms with Crippen LogP contribution in [0.1, 0.15) is 27.3 Å². The minimum Gasteiger partial charge on any atom is -0.368 e. The summed E-state index contributed by atoms with van der Waals surface area (Å²) in [6.07, 6.45) is 0. The molecule has 0 unspecified atom stereocenters. The summed E-state index contributed by atoms with van der Waals surface area (Å²) < 4.78 is 5.30. The second-order valence-corrected chi connectivity index (χ2v) is 7.36. The van der Waals surface area contributed by atoms with Crippen molar-refractivity contribution in [2.45, 2.75) is 20.8 Å². The zero-order valence-corrected chi connectivity index (χ0v) is 16.5. The van der Waals surface area contributed by atoms with E-state index in [-0.39, 0.29) is 11.7 Å². The van der Waals surface area contributed by atoms with Gasteiger partial charge < -0.3 is 14.3 Å². The van der Waals surface area contributed by atoms with Gasteiger partial charge in [0.25, 0.3) is 17.6 Å². The fourth-order valence-corrected chi connectivity index (χ4v) is 3.58. The Morgan fingerprint density at radius 1 is 0.929 bits per heavy atom. The van der Waals surface area contributed by atoms with Crippen LogP contribution >= 0.6 is 0 Å². The Labute approximate surface area is 164 Å². The van der Waals surface area contributed by atoms with Crippen molar-refractivity contribution in [1.29, 1.82) is 0 Å². The highest BCUT2D eigenvalue weighted by Gasteiger charge is 2.26. The van der Waals surface area contributed by atoms with Crippen molar-refractivity contribution in [2.24, 2.45) is 0 Å². The maximum atomic E-state index is 12.8. The minimum atomic E-state index is -0.178. The molecule has 1 aliphatic heterocycles. The van der Waals surface area contributed by atoms with Crippen molar-refractivity contribution in [2.75, 3.05) is 31.1 Å². The maximum absolute atomic E-state index is 12.8. The average Bonchev–Trinajstić information content (AvgIpc) is 3.18. The molecule has 0 bridgehead atoms. The van der Waals surface area contributed by atoms with Crippen LogP contribution in [0.5, 0.6) is 0 Å². The van der Waals surface area contributed by atoms with Gasteiger partial charge in [-0.25, -0.2) is 0 Å². The lowest BCUT2D eigenvalue weighted by Crippen LogP contribution is -2.49. The van der Waals surface area contributed by atoms with Crippen molar-refractivity contribution in [1.82, 2.24) is 15.0 Å². The summed E-state index contributed by atoms with van der Waals surface area (Å²) >= 11 is 0. The van der Waals surface area contributed by atoms with E-state index >= 15 is 0 Å². The fourth-order valence-electron chi connectivity index (χ4n) is 3.58. The summed E-state index contributed by atoms with van der Waals surface area (Å²) in [5.41, 5.74) is 5.73. The van der Waals surface area contributed by atoms with Gasteiger partial charge in [0.1, 0.15) is 0 Å². The van der Waals surface area contributed by atoms with E-state index in [9.17, 15) is 4.79 Å².